The molecule has 16 heavy (non-hydrogen) atoms. The SMILES string of the molecule is Cn1ccc(C(NN)c2cccc(F)c2)n1. The third kappa shape index (κ3) is 2.10. The lowest BCUT2D eigenvalue weighted by molar-refractivity contribution is 0.588. The van der Waals surface area contributed by atoms with Gasteiger partial charge in [-0.15, -0.1) is 0 Å². The molecule has 1 atom stereocenters. The lowest BCUT2D eigenvalue weighted by Crippen LogP contribution is -2.29. The summed E-state index contributed by atoms with van der Waals surface area (Å²) >= 11 is 0. The highest BCUT2D eigenvalue weighted by atomic mass is 19.1. The average molecular weight is 220 g/mol. The lowest BCUT2D eigenvalue weighted by Gasteiger charge is -2.13. The molecular formula is C11H13FN4. The van der Waals surface area contributed by atoms with Gasteiger partial charge < -0.3 is 0 Å². The van der Waals surface area contributed by atoms with Crippen LogP contribution >= 0.6 is 0 Å². The minimum absolute atomic E-state index is 0.284. The lowest BCUT2D eigenvalue weighted by atomic mass is 10.0. The van der Waals surface area contributed by atoms with E-state index >= 15 is 0 Å². The summed E-state index contributed by atoms with van der Waals surface area (Å²) in [7, 11) is 1.82. The quantitative estimate of drug-likeness (QED) is 0.602. The van der Waals surface area contributed by atoms with E-state index < -0.39 is 0 Å². The predicted octanol–water partition coefficient (Wildman–Crippen LogP) is 1.11. The summed E-state index contributed by atoms with van der Waals surface area (Å²) in [5.74, 6) is 5.19. The largest absolute Gasteiger partial charge is 0.275 e. The van der Waals surface area contributed by atoms with E-state index in [0.717, 1.165) is 11.3 Å². The summed E-state index contributed by atoms with van der Waals surface area (Å²) in [5.41, 5.74) is 4.14. The molecule has 3 N–H and O–H groups in total. The second-order valence-corrected chi connectivity index (χ2v) is 3.57. The topological polar surface area (TPSA) is 55.9 Å². The summed E-state index contributed by atoms with van der Waals surface area (Å²) in [6, 6.07) is 7.85. The molecule has 0 fully saturated rings. The maximum absolute atomic E-state index is 13.1. The van der Waals surface area contributed by atoms with Crippen LogP contribution in [0.25, 0.3) is 0 Å². The minimum atomic E-state index is -0.295. The Hall–Kier alpha value is -1.72. The molecule has 5 heteroatoms. The first-order chi connectivity index (χ1) is 7.70. The number of nitrogens with zero attached hydrogens (tertiary/aromatic N) is 2. The molecule has 0 radical (unpaired) electrons. The molecule has 0 aliphatic rings. The van der Waals surface area contributed by atoms with Gasteiger partial charge in [-0.2, -0.15) is 5.10 Å². The number of halogens is 1. The van der Waals surface area contributed by atoms with E-state index in [4.69, 9.17) is 5.84 Å². The molecule has 0 saturated heterocycles. The van der Waals surface area contributed by atoms with Crippen LogP contribution in [0.2, 0.25) is 0 Å². The maximum atomic E-state index is 13.1. The molecule has 1 aromatic carbocycles. The van der Waals surface area contributed by atoms with E-state index in [1.54, 1.807) is 10.7 Å². The fourth-order valence-corrected chi connectivity index (χ4v) is 1.63. The van der Waals surface area contributed by atoms with Crippen molar-refractivity contribution < 1.29 is 4.39 Å². The fourth-order valence-electron chi connectivity index (χ4n) is 1.63. The monoisotopic (exact) mass is 220 g/mol. The molecule has 0 spiro atoms. The number of nitrogens with one attached hydrogen (secondary N) is 1. The standard InChI is InChI=1S/C11H13FN4/c1-16-6-5-10(15-16)11(14-13)8-3-2-4-9(12)7-8/h2-7,11,14H,13H2,1H3. The number of aryl methyl sites for hydroxylation is 1. The summed E-state index contributed by atoms with van der Waals surface area (Å²) in [4.78, 5) is 0. The van der Waals surface area contributed by atoms with Crippen molar-refractivity contribution in [3.05, 3.63) is 53.6 Å². The van der Waals surface area contributed by atoms with Crippen LogP contribution in [0.4, 0.5) is 4.39 Å². The van der Waals surface area contributed by atoms with Crippen LogP contribution in [0.1, 0.15) is 17.3 Å². The Morgan fingerprint density at radius 2 is 2.25 bits per heavy atom. The number of nitrogens with two attached hydrogens (primary N) is 1. The molecule has 1 unspecified atom stereocenters. The van der Waals surface area contributed by atoms with Crippen molar-refractivity contribution in [2.24, 2.45) is 12.9 Å². The van der Waals surface area contributed by atoms with Crippen molar-refractivity contribution in [3.63, 3.8) is 0 Å². The normalized spacial score (nSPS) is 12.7. The molecule has 0 aliphatic heterocycles. The second-order valence-electron chi connectivity index (χ2n) is 3.57. The van der Waals surface area contributed by atoms with Crippen LogP contribution < -0.4 is 11.3 Å². The molecule has 0 bridgehead atoms. The second kappa shape index (κ2) is 4.42. The van der Waals surface area contributed by atoms with Crippen LogP contribution in [-0.2, 0) is 7.05 Å². The zero-order valence-electron chi connectivity index (χ0n) is 8.89. The van der Waals surface area contributed by atoms with Gasteiger partial charge in [-0.25, -0.2) is 9.82 Å². The van der Waals surface area contributed by atoms with Gasteiger partial charge in [0.1, 0.15) is 5.82 Å². The molecular weight excluding hydrogens is 207 g/mol. The van der Waals surface area contributed by atoms with Crippen LogP contribution in [0.5, 0.6) is 0 Å². The van der Waals surface area contributed by atoms with Crippen molar-refractivity contribution >= 4 is 0 Å². The molecule has 0 aliphatic carbocycles. The van der Waals surface area contributed by atoms with Crippen molar-refractivity contribution in [1.29, 1.82) is 0 Å². The van der Waals surface area contributed by atoms with Crippen LogP contribution in [0.3, 0.4) is 0 Å². The maximum Gasteiger partial charge on any atom is 0.123 e. The van der Waals surface area contributed by atoms with Gasteiger partial charge in [0.25, 0.3) is 0 Å². The number of rotatable bonds is 3. The third-order valence-electron chi connectivity index (χ3n) is 2.38. The summed E-state index contributed by atoms with van der Waals surface area (Å²) in [6.07, 6.45) is 1.82. The van der Waals surface area contributed by atoms with Gasteiger partial charge in [-0.05, 0) is 23.8 Å². The Bertz CT molecular complexity index is 480. The highest BCUT2D eigenvalue weighted by Crippen LogP contribution is 2.19. The molecule has 4 nitrogen and oxygen atoms in total. The third-order valence-corrected chi connectivity index (χ3v) is 2.38. The minimum Gasteiger partial charge on any atom is -0.275 e. The van der Waals surface area contributed by atoms with Crippen LogP contribution in [0.15, 0.2) is 36.5 Å². The first-order valence-corrected chi connectivity index (χ1v) is 4.92. The van der Waals surface area contributed by atoms with Crippen LogP contribution in [-0.4, -0.2) is 9.78 Å². The molecule has 0 saturated carbocycles. The average Bonchev–Trinajstić information content (AvgIpc) is 2.66. The number of benzene rings is 1. The molecule has 2 rings (SSSR count). The van der Waals surface area contributed by atoms with E-state index in [1.807, 2.05) is 25.4 Å². The number of hydrogen-bond donors (Lipinski definition) is 2. The first-order valence-electron chi connectivity index (χ1n) is 4.92. The Balaban J connectivity index is 2.36. The predicted molar refractivity (Wildman–Crippen MR) is 58.8 cm³/mol. The zero-order chi connectivity index (χ0) is 11.5. The van der Waals surface area contributed by atoms with E-state index in [-0.39, 0.29) is 11.9 Å². The Labute approximate surface area is 92.9 Å². The van der Waals surface area contributed by atoms with Crippen molar-refractivity contribution in [3.8, 4) is 0 Å². The van der Waals surface area contributed by atoms with E-state index in [2.05, 4.69) is 10.5 Å². The highest BCUT2D eigenvalue weighted by Gasteiger charge is 2.15. The number of hydrogen-bond acceptors (Lipinski definition) is 3. The molecule has 84 valence electrons. The van der Waals surface area contributed by atoms with Crippen molar-refractivity contribution in [2.45, 2.75) is 6.04 Å². The highest BCUT2D eigenvalue weighted by molar-refractivity contribution is 5.27. The molecule has 1 heterocycles. The summed E-state index contributed by atoms with van der Waals surface area (Å²) in [6.45, 7) is 0. The molecule has 0 amide bonds. The zero-order valence-corrected chi connectivity index (χ0v) is 8.89. The van der Waals surface area contributed by atoms with Gasteiger partial charge in [0.15, 0.2) is 0 Å². The van der Waals surface area contributed by atoms with Gasteiger partial charge in [0, 0.05) is 13.2 Å². The first kappa shape index (κ1) is 10.8. The smallest absolute Gasteiger partial charge is 0.123 e. The number of aromatic nitrogens is 2. The van der Waals surface area contributed by atoms with Gasteiger partial charge in [-0.3, -0.25) is 10.5 Å². The fraction of sp³-hybridized carbons (Fsp3) is 0.182. The molecule has 1 aromatic heterocycles. The van der Waals surface area contributed by atoms with E-state index in [9.17, 15) is 4.39 Å². The van der Waals surface area contributed by atoms with Crippen LogP contribution in [0, 0.1) is 5.82 Å². The van der Waals surface area contributed by atoms with Crippen molar-refractivity contribution in [2.75, 3.05) is 0 Å². The van der Waals surface area contributed by atoms with Gasteiger partial charge in [0.2, 0.25) is 0 Å². The Morgan fingerprint density at radius 1 is 1.44 bits per heavy atom. The Kier molecular flexibility index (Phi) is 2.98. The summed E-state index contributed by atoms with van der Waals surface area (Å²) in [5, 5.41) is 4.24. The van der Waals surface area contributed by atoms with Crippen molar-refractivity contribution in [1.82, 2.24) is 15.2 Å². The van der Waals surface area contributed by atoms with E-state index in [0.29, 0.717) is 0 Å². The molecule has 2 aromatic rings. The number of hydrazine groups is 1. The van der Waals surface area contributed by atoms with Gasteiger partial charge in [-0.1, -0.05) is 12.1 Å². The Morgan fingerprint density at radius 3 is 2.81 bits per heavy atom. The van der Waals surface area contributed by atoms with E-state index in [1.165, 1.54) is 12.1 Å². The van der Waals surface area contributed by atoms with Gasteiger partial charge in [0.05, 0.1) is 11.7 Å². The van der Waals surface area contributed by atoms with Gasteiger partial charge >= 0.3 is 0 Å². The summed E-state index contributed by atoms with van der Waals surface area (Å²) < 4.78 is 14.8.